The van der Waals surface area contributed by atoms with Crippen LogP contribution in [0.4, 0.5) is 19.1 Å². The van der Waals surface area contributed by atoms with E-state index in [1.165, 1.54) is 4.31 Å². The zero-order valence-electron chi connectivity index (χ0n) is 12.6. The summed E-state index contributed by atoms with van der Waals surface area (Å²) in [6.07, 6.45) is -1.70. The fourth-order valence-electron chi connectivity index (χ4n) is 2.24. The highest BCUT2D eigenvalue weighted by molar-refractivity contribution is 7.89. The van der Waals surface area contributed by atoms with Crippen LogP contribution < -0.4 is 10.1 Å². The van der Waals surface area contributed by atoms with Crippen LogP contribution in [0.5, 0.6) is 5.75 Å². The number of nitrogens with one attached hydrogen (secondary N) is 1. The minimum absolute atomic E-state index is 0.101. The second kappa shape index (κ2) is 6.48. The van der Waals surface area contributed by atoms with Gasteiger partial charge in [-0.15, -0.1) is 13.2 Å². The summed E-state index contributed by atoms with van der Waals surface area (Å²) in [6.45, 7) is 0.419. The van der Waals surface area contributed by atoms with E-state index in [-0.39, 0.29) is 24.0 Å². The number of aromatic nitrogens is 2. The molecule has 2 aromatic rings. The number of hydrogen-bond donors (Lipinski definition) is 1. The third kappa shape index (κ3) is 4.17. The molecule has 1 fully saturated rings. The zero-order chi connectivity index (χ0) is 18.1. The Morgan fingerprint density at radius 3 is 2.28 bits per heavy atom. The molecule has 3 rings (SSSR count). The van der Waals surface area contributed by atoms with Gasteiger partial charge in [0.05, 0.1) is 10.9 Å². The van der Waals surface area contributed by atoms with Crippen molar-refractivity contribution in [2.75, 3.05) is 18.4 Å². The molecule has 1 aromatic carbocycles. The average Bonchev–Trinajstić information content (AvgIpc) is 2.50. The summed E-state index contributed by atoms with van der Waals surface area (Å²) >= 11 is 0. The molecule has 7 nitrogen and oxygen atoms in total. The van der Waals surface area contributed by atoms with Crippen molar-refractivity contribution >= 4 is 16.0 Å². The van der Waals surface area contributed by atoms with Crippen molar-refractivity contribution in [3.05, 3.63) is 42.7 Å². The molecule has 1 aromatic heterocycles. The first-order chi connectivity index (χ1) is 11.7. The summed E-state index contributed by atoms with van der Waals surface area (Å²) in [4.78, 5) is 7.88. The van der Waals surface area contributed by atoms with Gasteiger partial charge < -0.3 is 10.1 Å². The van der Waals surface area contributed by atoms with Crippen molar-refractivity contribution in [3.8, 4) is 5.75 Å². The Balaban J connectivity index is 1.61. The van der Waals surface area contributed by atoms with E-state index in [2.05, 4.69) is 20.0 Å². The van der Waals surface area contributed by atoms with E-state index in [0.29, 0.717) is 5.95 Å². The minimum Gasteiger partial charge on any atom is -0.406 e. The van der Waals surface area contributed by atoms with Gasteiger partial charge in [-0.3, -0.25) is 0 Å². The molecule has 0 atom stereocenters. The van der Waals surface area contributed by atoms with Crippen molar-refractivity contribution in [3.63, 3.8) is 0 Å². The second-order valence-electron chi connectivity index (χ2n) is 5.25. The van der Waals surface area contributed by atoms with Crippen LogP contribution in [0, 0.1) is 0 Å². The van der Waals surface area contributed by atoms with Crippen molar-refractivity contribution in [2.45, 2.75) is 17.3 Å². The van der Waals surface area contributed by atoms with Crippen LogP contribution in [0.15, 0.2) is 47.6 Å². The molecule has 25 heavy (non-hydrogen) atoms. The molecule has 0 aliphatic carbocycles. The highest BCUT2D eigenvalue weighted by Crippen LogP contribution is 2.27. The standard InChI is InChI=1S/C14H13F3N4O3S/c15-14(16,17)24-11-2-4-12(5-3-11)25(22,23)21-8-10(9-21)20-13-18-6-1-7-19-13/h1-7,10H,8-9H2,(H,18,19,20). The number of alkyl halides is 3. The van der Waals surface area contributed by atoms with Gasteiger partial charge in [0.15, 0.2) is 0 Å². The largest absolute Gasteiger partial charge is 0.573 e. The number of anilines is 1. The number of halogens is 3. The van der Waals surface area contributed by atoms with E-state index in [9.17, 15) is 21.6 Å². The van der Waals surface area contributed by atoms with E-state index < -0.39 is 22.1 Å². The molecule has 0 radical (unpaired) electrons. The van der Waals surface area contributed by atoms with Gasteiger partial charge in [-0.1, -0.05) is 0 Å². The molecule has 1 N–H and O–H groups in total. The van der Waals surface area contributed by atoms with Gasteiger partial charge in [-0.25, -0.2) is 18.4 Å². The van der Waals surface area contributed by atoms with Gasteiger partial charge in [-0.05, 0) is 30.3 Å². The van der Waals surface area contributed by atoms with Gasteiger partial charge in [0.2, 0.25) is 16.0 Å². The lowest BCUT2D eigenvalue weighted by atomic mass is 10.2. The van der Waals surface area contributed by atoms with Crippen LogP contribution in [-0.4, -0.2) is 48.2 Å². The van der Waals surface area contributed by atoms with Gasteiger partial charge >= 0.3 is 6.36 Å². The van der Waals surface area contributed by atoms with Crippen LogP contribution >= 0.6 is 0 Å². The fraction of sp³-hybridized carbons (Fsp3) is 0.286. The summed E-state index contributed by atoms with van der Waals surface area (Å²) < 4.78 is 66.1. The molecule has 1 aliphatic heterocycles. The highest BCUT2D eigenvalue weighted by Gasteiger charge is 2.37. The average molecular weight is 374 g/mol. The summed E-state index contributed by atoms with van der Waals surface area (Å²) in [5, 5.41) is 2.99. The molecule has 0 spiro atoms. The predicted molar refractivity (Wildman–Crippen MR) is 81.3 cm³/mol. The number of rotatable bonds is 5. The molecule has 0 saturated carbocycles. The Morgan fingerprint density at radius 1 is 1.12 bits per heavy atom. The van der Waals surface area contributed by atoms with Crippen molar-refractivity contribution in [1.82, 2.24) is 14.3 Å². The SMILES string of the molecule is O=S(=O)(c1ccc(OC(F)(F)F)cc1)N1CC(Nc2ncccn2)C1. The molecule has 1 aliphatic rings. The Morgan fingerprint density at radius 2 is 1.72 bits per heavy atom. The first-order valence-corrected chi connectivity index (χ1v) is 8.57. The van der Waals surface area contributed by atoms with Crippen LogP contribution in [0.3, 0.4) is 0 Å². The van der Waals surface area contributed by atoms with Gasteiger partial charge in [-0.2, -0.15) is 4.31 Å². The van der Waals surface area contributed by atoms with Gasteiger partial charge in [0.1, 0.15) is 5.75 Å². The lowest BCUT2D eigenvalue weighted by Gasteiger charge is -2.38. The van der Waals surface area contributed by atoms with E-state index >= 15 is 0 Å². The first kappa shape index (κ1) is 17.4. The third-order valence-electron chi connectivity index (χ3n) is 3.44. The molecule has 134 valence electrons. The summed E-state index contributed by atoms with van der Waals surface area (Å²) in [6, 6.07) is 5.62. The van der Waals surface area contributed by atoms with Gasteiger partial charge in [0, 0.05) is 25.5 Å². The maximum atomic E-state index is 12.4. The topological polar surface area (TPSA) is 84.4 Å². The lowest BCUT2D eigenvalue weighted by molar-refractivity contribution is -0.274. The fourth-order valence-corrected chi connectivity index (χ4v) is 3.77. The third-order valence-corrected chi connectivity index (χ3v) is 5.29. The number of ether oxygens (including phenoxy) is 1. The number of hydrogen-bond acceptors (Lipinski definition) is 6. The summed E-state index contributed by atoms with van der Waals surface area (Å²) in [5.41, 5.74) is 0. The number of benzene rings is 1. The molecule has 11 heteroatoms. The summed E-state index contributed by atoms with van der Waals surface area (Å²) in [7, 11) is -3.77. The second-order valence-corrected chi connectivity index (χ2v) is 7.19. The normalized spacial score (nSPS) is 16.3. The summed E-state index contributed by atoms with van der Waals surface area (Å²) in [5.74, 6) is -0.0750. The lowest BCUT2D eigenvalue weighted by Crippen LogP contribution is -2.56. The van der Waals surface area contributed by atoms with E-state index in [0.717, 1.165) is 24.3 Å². The smallest absolute Gasteiger partial charge is 0.406 e. The Bertz CT molecular complexity index is 823. The van der Waals surface area contributed by atoms with Crippen molar-refractivity contribution < 1.29 is 26.3 Å². The highest BCUT2D eigenvalue weighted by atomic mass is 32.2. The molecular formula is C14H13F3N4O3S. The minimum atomic E-state index is -4.82. The van der Waals surface area contributed by atoms with Crippen LogP contribution in [0.2, 0.25) is 0 Å². The molecule has 0 unspecified atom stereocenters. The van der Waals surface area contributed by atoms with Crippen molar-refractivity contribution in [1.29, 1.82) is 0 Å². The van der Waals surface area contributed by atoms with Crippen LogP contribution in [0.25, 0.3) is 0 Å². The Labute approximate surface area is 141 Å². The van der Waals surface area contributed by atoms with Gasteiger partial charge in [0.25, 0.3) is 0 Å². The first-order valence-electron chi connectivity index (χ1n) is 7.13. The maximum Gasteiger partial charge on any atom is 0.573 e. The van der Waals surface area contributed by atoms with Crippen LogP contribution in [0.1, 0.15) is 0 Å². The van der Waals surface area contributed by atoms with E-state index in [1.54, 1.807) is 18.5 Å². The molecule has 2 heterocycles. The van der Waals surface area contributed by atoms with E-state index in [1.807, 2.05) is 0 Å². The predicted octanol–water partition coefficient (Wildman–Crippen LogP) is 1.86. The quantitative estimate of drug-likeness (QED) is 0.860. The van der Waals surface area contributed by atoms with E-state index in [4.69, 9.17) is 0 Å². The monoisotopic (exact) mass is 374 g/mol. The Kier molecular flexibility index (Phi) is 4.52. The number of nitrogens with zero attached hydrogens (tertiary/aromatic N) is 3. The zero-order valence-corrected chi connectivity index (χ0v) is 13.5. The maximum absolute atomic E-state index is 12.4. The molecular weight excluding hydrogens is 361 g/mol. The molecule has 0 amide bonds. The molecule has 1 saturated heterocycles. The van der Waals surface area contributed by atoms with Crippen molar-refractivity contribution in [2.24, 2.45) is 0 Å². The number of sulfonamides is 1. The molecule has 0 bridgehead atoms. The Hall–Kier alpha value is -2.40. The van der Waals surface area contributed by atoms with Crippen LogP contribution in [-0.2, 0) is 10.0 Å².